The van der Waals surface area contributed by atoms with E-state index in [-0.39, 0.29) is 11.2 Å². The van der Waals surface area contributed by atoms with Crippen molar-refractivity contribution in [3.63, 3.8) is 0 Å². The molecule has 1 aromatic heterocycles. The van der Waals surface area contributed by atoms with E-state index in [4.69, 9.17) is 9.15 Å². The highest BCUT2D eigenvalue weighted by molar-refractivity contribution is 6.17. The number of esters is 1. The summed E-state index contributed by atoms with van der Waals surface area (Å²) in [7, 11) is 1.34. The minimum Gasteiger partial charge on any atom is -0.508 e. The van der Waals surface area contributed by atoms with Crippen molar-refractivity contribution in [3.8, 4) is 16.9 Å². The summed E-state index contributed by atoms with van der Waals surface area (Å²) >= 11 is 0. The second kappa shape index (κ2) is 6.74. The Labute approximate surface area is 170 Å². The van der Waals surface area contributed by atoms with Gasteiger partial charge >= 0.3 is 5.97 Å². The van der Waals surface area contributed by atoms with E-state index in [0.717, 1.165) is 10.9 Å². The van der Waals surface area contributed by atoms with Gasteiger partial charge in [-0.1, -0.05) is 36.4 Å². The average molecular weight is 396 g/mol. The number of ether oxygens (including phenoxy) is 1. The van der Waals surface area contributed by atoms with Gasteiger partial charge in [-0.15, -0.1) is 0 Å². The van der Waals surface area contributed by atoms with Crippen LogP contribution in [0.1, 0.15) is 10.4 Å². The number of methoxy groups -OCH3 is 1. The topological polar surface area (TPSA) is 76.7 Å². The van der Waals surface area contributed by atoms with Gasteiger partial charge in [0, 0.05) is 22.4 Å². The van der Waals surface area contributed by atoms with Gasteiger partial charge in [0.25, 0.3) is 0 Å². The normalized spacial score (nSPS) is 11.2. The van der Waals surface area contributed by atoms with Gasteiger partial charge in [0.2, 0.25) is 0 Å². The molecule has 0 aliphatic carbocycles. The number of phenols is 1. The second-order valence-electron chi connectivity index (χ2n) is 6.99. The standard InChI is InChI=1S/C25H16O5/c1-29-25(28)17-7-3-2-6-16(17)23-18-12-10-15(26)13-21(18)30-24-19(23)11-9-14-5-4-8-20(27)22(14)24/h2-13,26H,1H3. The van der Waals surface area contributed by atoms with Crippen LogP contribution in [0.5, 0.6) is 5.75 Å². The third-order valence-corrected chi connectivity index (χ3v) is 5.28. The summed E-state index contributed by atoms with van der Waals surface area (Å²) in [5.74, 6) is -0.419. The summed E-state index contributed by atoms with van der Waals surface area (Å²) in [6, 6.07) is 20.7. The molecule has 30 heavy (non-hydrogen) atoms. The monoisotopic (exact) mass is 396 g/mol. The molecule has 0 spiro atoms. The Morgan fingerprint density at radius 2 is 1.73 bits per heavy atom. The molecule has 0 aliphatic heterocycles. The van der Waals surface area contributed by atoms with Crippen molar-refractivity contribution in [2.24, 2.45) is 0 Å². The molecule has 4 aromatic carbocycles. The number of hydrogen-bond acceptors (Lipinski definition) is 5. The third-order valence-electron chi connectivity index (χ3n) is 5.28. The Hall–Kier alpha value is -4.12. The summed E-state index contributed by atoms with van der Waals surface area (Å²) in [6.45, 7) is 0. The average Bonchev–Trinajstić information content (AvgIpc) is 2.76. The lowest BCUT2D eigenvalue weighted by Gasteiger charge is -2.15. The number of aromatic hydroxyl groups is 1. The third kappa shape index (κ3) is 2.63. The molecule has 1 heterocycles. The van der Waals surface area contributed by atoms with Gasteiger partial charge in [0.05, 0.1) is 18.1 Å². The van der Waals surface area contributed by atoms with Crippen LogP contribution in [0, 0.1) is 0 Å². The van der Waals surface area contributed by atoms with Crippen molar-refractivity contribution in [1.29, 1.82) is 0 Å². The fourth-order valence-electron chi connectivity index (χ4n) is 3.95. The number of benzene rings is 4. The van der Waals surface area contributed by atoms with E-state index in [2.05, 4.69) is 0 Å². The summed E-state index contributed by atoms with van der Waals surface area (Å²) in [6.07, 6.45) is 0. The van der Waals surface area contributed by atoms with Crippen molar-refractivity contribution in [2.45, 2.75) is 0 Å². The first kappa shape index (κ1) is 17.9. The van der Waals surface area contributed by atoms with E-state index in [1.54, 1.807) is 30.3 Å². The zero-order chi connectivity index (χ0) is 20.8. The second-order valence-corrected chi connectivity index (χ2v) is 6.99. The number of hydrogen-bond donors (Lipinski definition) is 1. The van der Waals surface area contributed by atoms with Crippen molar-refractivity contribution in [1.82, 2.24) is 0 Å². The molecule has 0 amide bonds. The van der Waals surface area contributed by atoms with Gasteiger partial charge in [-0.2, -0.15) is 0 Å². The Kier molecular flexibility index (Phi) is 4.03. The van der Waals surface area contributed by atoms with Gasteiger partial charge in [-0.05, 0) is 41.3 Å². The predicted molar refractivity (Wildman–Crippen MR) is 116 cm³/mol. The SMILES string of the molecule is COC(=O)c1ccccc1-c1c2ccc(O)cc2oc2c1ccc1cccc(=O)c12. The molecule has 0 saturated heterocycles. The van der Waals surface area contributed by atoms with E-state index in [1.165, 1.54) is 19.2 Å². The van der Waals surface area contributed by atoms with Crippen LogP contribution in [-0.4, -0.2) is 18.2 Å². The van der Waals surface area contributed by atoms with Gasteiger partial charge < -0.3 is 14.3 Å². The van der Waals surface area contributed by atoms with Gasteiger partial charge in [0.1, 0.15) is 16.9 Å². The molecule has 5 aromatic rings. The number of carbonyl (C=O) groups is 1. The zero-order valence-electron chi connectivity index (χ0n) is 16.0. The van der Waals surface area contributed by atoms with E-state index < -0.39 is 5.97 Å². The quantitative estimate of drug-likeness (QED) is 0.250. The summed E-state index contributed by atoms with van der Waals surface area (Å²) in [5, 5.41) is 12.6. The smallest absolute Gasteiger partial charge is 0.338 e. The van der Waals surface area contributed by atoms with Gasteiger partial charge in [-0.25, -0.2) is 4.79 Å². The lowest BCUT2D eigenvalue weighted by Crippen LogP contribution is -2.04. The van der Waals surface area contributed by atoms with E-state index in [1.807, 2.05) is 30.3 Å². The minimum atomic E-state index is -0.461. The first-order valence-corrected chi connectivity index (χ1v) is 9.37. The maximum Gasteiger partial charge on any atom is 0.338 e. The van der Waals surface area contributed by atoms with Crippen molar-refractivity contribution >= 4 is 38.7 Å². The first-order valence-electron chi connectivity index (χ1n) is 9.37. The Morgan fingerprint density at radius 1 is 0.933 bits per heavy atom. The molecule has 5 nitrogen and oxygen atoms in total. The van der Waals surface area contributed by atoms with Crippen LogP contribution in [-0.2, 0) is 4.74 Å². The van der Waals surface area contributed by atoms with Crippen LogP contribution in [0.25, 0.3) is 43.8 Å². The van der Waals surface area contributed by atoms with Crippen LogP contribution in [0.4, 0.5) is 0 Å². The highest BCUT2D eigenvalue weighted by atomic mass is 16.5. The molecule has 5 rings (SSSR count). The molecule has 0 aliphatic rings. The number of carbonyl (C=O) groups excluding carboxylic acids is 1. The highest BCUT2D eigenvalue weighted by Crippen LogP contribution is 2.40. The number of rotatable bonds is 2. The Morgan fingerprint density at radius 3 is 2.57 bits per heavy atom. The molecule has 5 heteroatoms. The van der Waals surface area contributed by atoms with E-state index >= 15 is 0 Å². The first-order chi connectivity index (χ1) is 14.6. The maximum absolute atomic E-state index is 12.7. The number of phenolic OH excluding ortho intramolecular Hbond substituents is 1. The molecule has 0 saturated carbocycles. The molecular weight excluding hydrogens is 380 g/mol. The molecule has 0 fully saturated rings. The summed E-state index contributed by atoms with van der Waals surface area (Å²) in [5.41, 5.74) is 2.45. The molecule has 0 atom stereocenters. The minimum absolute atomic E-state index is 0.0420. The van der Waals surface area contributed by atoms with E-state index in [9.17, 15) is 14.7 Å². The molecular formula is C25H16O5. The molecule has 1 N–H and O–H groups in total. The van der Waals surface area contributed by atoms with Crippen molar-refractivity contribution < 1.29 is 19.1 Å². The Bertz CT molecular complexity index is 1530. The predicted octanol–water partition coefficient (Wildman–Crippen LogP) is 5.26. The lowest BCUT2D eigenvalue weighted by molar-refractivity contribution is 0.0601. The lowest BCUT2D eigenvalue weighted by atomic mass is 9.92. The van der Waals surface area contributed by atoms with Crippen LogP contribution >= 0.6 is 0 Å². The van der Waals surface area contributed by atoms with Crippen molar-refractivity contribution in [2.75, 3.05) is 7.11 Å². The van der Waals surface area contributed by atoms with E-state index in [0.29, 0.717) is 38.5 Å². The summed E-state index contributed by atoms with van der Waals surface area (Å²) in [4.78, 5) is 25.1. The van der Waals surface area contributed by atoms with Gasteiger partial charge in [-0.3, -0.25) is 4.79 Å². The molecule has 146 valence electrons. The highest BCUT2D eigenvalue weighted by Gasteiger charge is 2.20. The number of fused-ring (bicyclic) bond motifs is 4. The largest absolute Gasteiger partial charge is 0.508 e. The molecule has 0 unspecified atom stereocenters. The zero-order valence-corrected chi connectivity index (χ0v) is 16.0. The fourth-order valence-corrected chi connectivity index (χ4v) is 3.95. The van der Waals surface area contributed by atoms with Crippen LogP contribution < -0.4 is 5.43 Å². The fraction of sp³-hybridized carbons (Fsp3) is 0.0400. The molecule has 0 radical (unpaired) electrons. The van der Waals surface area contributed by atoms with Crippen LogP contribution in [0.15, 0.2) is 82.0 Å². The van der Waals surface area contributed by atoms with Gasteiger partial charge in [0.15, 0.2) is 5.43 Å². The summed E-state index contributed by atoms with van der Waals surface area (Å²) < 4.78 is 11.1. The van der Waals surface area contributed by atoms with Crippen molar-refractivity contribution in [3.05, 3.63) is 88.6 Å². The Balaban J connectivity index is 2.05. The van der Waals surface area contributed by atoms with Crippen LogP contribution in [0.2, 0.25) is 0 Å². The maximum atomic E-state index is 12.7. The van der Waals surface area contributed by atoms with Crippen LogP contribution in [0.3, 0.4) is 0 Å². The molecule has 0 bridgehead atoms.